The zero-order valence-corrected chi connectivity index (χ0v) is 10.1. The van der Waals surface area contributed by atoms with Crippen LogP contribution >= 0.6 is 0 Å². The lowest BCUT2D eigenvalue weighted by Gasteiger charge is -2.36. The summed E-state index contributed by atoms with van der Waals surface area (Å²) >= 11 is 0. The molecule has 0 aromatic heterocycles. The highest BCUT2D eigenvalue weighted by Crippen LogP contribution is 2.22. The maximum absolute atomic E-state index is 11.8. The minimum absolute atomic E-state index is 0.131. The van der Waals surface area contributed by atoms with Crippen LogP contribution < -0.4 is 5.32 Å². The Bertz CT molecular complexity index is 329. The number of hydrogen-bond donors (Lipinski definition) is 2. The molecule has 0 bridgehead atoms. The molecular formula is C11H18N2O4. The molecule has 6 nitrogen and oxygen atoms in total. The molecule has 1 aliphatic heterocycles. The molecule has 2 amide bonds. The zero-order chi connectivity index (χ0) is 13.0. The third-order valence-electron chi connectivity index (χ3n) is 2.96. The van der Waals surface area contributed by atoms with E-state index in [-0.39, 0.29) is 18.4 Å². The van der Waals surface area contributed by atoms with Crippen molar-refractivity contribution in [3.8, 4) is 0 Å². The average molecular weight is 242 g/mol. The first-order valence-corrected chi connectivity index (χ1v) is 5.68. The molecule has 1 rings (SSSR count). The van der Waals surface area contributed by atoms with Crippen LogP contribution in [0.5, 0.6) is 0 Å². The summed E-state index contributed by atoms with van der Waals surface area (Å²) in [6.07, 6.45) is 1.27. The van der Waals surface area contributed by atoms with E-state index >= 15 is 0 Å². The van der Waals surface area contributed by atoms with Gasteiger partial charge in [-0.3, -0.25) is 9.59 Å². The molecule has 2 atom stereocenters. The normalized spacial score (nSPS) is 24.2. The summed E-state index contributed by atoms with van der Waals surface area (Å²) in [7, 11) is 0. The van der Waals surface area contributed by atoms with Gasteiger partial charge in [0.15, 0.2) is 0 Å². The maximum Gasteiger partial charge on any atom is 0.326 e. The van der Waals surface area contributed by atoms with Gasteiger partial charge >= 0.3 is 5.97 Å². The average Bonchev–Trinajstić information content (AvgIpc) is 2.25. The first-order chi connectivity index (χ1) is 7.91. The summed E-state index contributed by atoms with van der Waals surface area (Å²) < 4.78 is 0. The minimum atomic E-state index is -0.979. The van der Waals surface area contributed by atoms with Crippen LogP contribution in [0.3, 0.4) is 0 Å². The smallest absolute Gasteiger partial charge is 0.326 e. The van der Waals surface area contributed by atoms with Crippen LogP contribution in [0.1, 0.15) is 26.7 Å². The second-order valence-electron chi connectivity index (χ2n) is 4.48. The van der Waals surface area contributed by atoms with Gasteiger partial charge in [-0.2, -0.15) is 0 Å². The number of carboxylic acid groups (broad SMARTS) is 1. The van der Waals surface area contributed by atoms with Crippen molar-refractivity contribution in [3.63, 3.8) is 0 Å². The molecule has 0 saturated carbocycles. The molecule has 1 aliphatic rings. The van der Waals surface area contributed by atoms with Crippen LogP contribution in [0.15, 0.2) is 0 Å². The predicted octanol–water partition coefficient (Wildman–Crippen LogP) is -0.166. The standard InChI is InChI=1S/C11H18N2O4/c1-7-3-4-13(9(5-7)11(16)17)10(15)6-12-8(2)14/h7,9H,3-6H2,1-2H3,(H,12,14)(H,16,17). The maximum atomic E-state index is 11.8. The van der Waals surface area contributed by atoms with Crippen LogP contribution in [-0.2, 0) is 14.4 Å². The van der Waals surface area contributed by atoms with Crippen molar-refractivity contribution in [2.24, 2.45) is 5.92 Å². The lowest BCUT2D eigenvalue weighted by Crippen LogP contribution is -2.52. The second-order valence-corrected chi connectivity index (χ2v) is 4.48. The molecule has 96 valence electrons. The fourth-order valence-corrected chi connectivity index (χ4v) is 1.98. The summed E-state index contributed by atoms with van der Waals surface area (Å²) in [4.78, 5) is 34.9. The van der Waals surface area contributed by atoms with Crippen LogP contribution in [0.25, 0.3) is 0 Å². The number of hydrogen-bond acceptors (Lipinski definition) is 3. The second kappa shape index (κ2) is 5.65. The quantitative estimate of drug-likeness (QED) is 0.719. The molecule has 0 aromatic carbocycles. The van der Waals surface area contributed by atoms with Gasteiger partial charge in [0, 0.05) is 13.5 Å². The Morgan fingerprint density at radius 3 is 2.59 bits per heavy atom. The Hall–Kier alpha value is -1.59. The molecule has 1 fully saturated rings. The Kier molecular flexibility index (Phi) is 4.48. The van der Waals surface area contributed by atoms with Crippen LogP contribution in [-0.4, -0.2) is 46.9 Å². The van der Waals surface area contributed by atoms with Gasteiger partial charge in [0.1, 0.15) is 6.04 Å². The van der Waals surface area contributed by atoms with E-state index in [1.165, 1.54) is 11.8 Å². The SMILES string of the molecule is CC(=O)NCC(=O)N1CCC(C)CC1C(=O)O. The summed E-state index contributed by atoms with van der Waals surface area (Å²) in [5.41, 5.74) is 0. The molecule has 1 saturated heterocycles. The van der Waals surface area contributed by atoms with Crippen molar-refractivity contribution in [3.05, 3.63) is 0 Å². The van der Waals surface area contributed by atoms with E-state index in [1.807, 2.05) is 6.92 Å². The number of nitrogens with zero attached hydrogens (tertiary/aromatic N) is 1. The monoisotopic (exact) mass is 242 g/mol. The Balaban J connectivity index is 2.63. The molecule has 17 heavy (non-hydrogen) atoms. The van der Waals surface area contributed by atoms with Crippen LogP contribution in [0, 0.1) is 5.92 Å². The number of likely N-dealkylation sites (tertiary alicyclic amines) is 1. The van der Waals surface area contributed by atoms with Gasteiger partial charge < -0.3 is 15.3 Å². The van der Waals surface area contributed by atoms with Crippen molar-refractivity contribution < 1.29 is 19.5 Å². The van der Waals surface area contributed by atoms with Crippen LogP contribution in [0.4, 0.5) is 0 Å². The van der Waals surface area contributed by atoms with Crippen LogP contribution in [0.2, 0.25) is 0 Å². The number of amides is 2. The number of rotatable bonds is 3. The van der Waals surface area contributed by atoms with E-state index in [9.17, 15) is 14.4 Å². The molecule has 2 unspecified atom stereocenters. The molecule has 0 radical (unpaired) electrons. The van der Waals surface area contributed by atoms with E-state index in [0.717, 1.165) is 6.42 Å². The third-order valence-corrected chi connectivity index (χ3v) is 2.96. The van der Waals surface area contributed by atoms with Gasteiger partial charge in [0.05, 0.1) is 6.54 Å². The van der Waals surface area contributed by atoms with Crippen molar-refractivity contribution >= 4 is 17.8 Å². The third kappa shape index (κ3) is 3.72. The lowest BCUT2D eigenvalue weighted by atomic mass is 9.92. The van der Waals surface area contributed by atoms with Crippen molar-refractivity contribution in [1.82, 2.24) is 10.2 Å². The molecule has 0 aromatic rings. The molecule has 0 spiro atoms. The van der Waals surface area contributed by atoms with Crippen molar-refractivity contribution in [2.45, 2.75) is 32.7 Å². The van der Waals surface area contributed by atoms with Gasteiger partial charge in [-0.05, 0) is 18.8 Å². The molecule has 2 N–H and O–H groups in total. The molecule has 1 heterocycles. The van der Waals surface area contributed by atoms with E-state index in [0.29, 0.717) is 18.9 Å². The Morgan fingerprint density at radius 1 is 1.41 bits per heavy atom. The van der Waals surface area contributed by atoms with E-state index in [2.05, 4.69) is 5.32 Å². The highest BCUT2D eigenvalue weighted by atomic mass is 16.4. The highest BCUT2D eigenvalue weighted by Gasteiger charge is 2.34. The molecule has 6 heteroatoms. The Labute approximate surface area is 100.0 Å². The number of nitrogens with one attached hydrogen (secondary N) is 1. The Morgan fingerprint density at radius 2 is 2.06 bits per heavy atom. The first kappa shape index (κ1) is 13.5. The van der Waals surface area contributed by atoms with Gasteiger partial charge in [-0.25, -0.2) is 4.79 Å². The number of carbonyl (C=O) groups excluding carboxylic acids is 2. The number of carbonyl (C=O) groups is 3. The first-order valence-electron chi connectivity index (χ1n) is 5.68. The predicted molar refractivity (Wildman–Crippen MR) is 60.2 cm³/mol. The van der Waals surface area contributed by atoms with Gasteiger partial charge in [0.2, 0.25) is 11.8 Å². The number of aliphatic carboxylic acids is 1. The van der Waals surface area contributed by atoms with E-state index in [4.69, 9.17) is 5.11 Å². The van der Waals surface area contributed by atoms with Gasteiger partial charge in [-0.1, -0.05) is 6.92 Å². The molecule has 0 aliphatic carbocycles. The fraction of sp³-hybridized carbons (Fsp3) is 0.727. The van der Waals surface area contributed by atoms with E-state index in [1.54, 1.807) is 0 Å². The minimum Gasteiger partial charge on any atom is -0.480 e. The zero-order valence-electron chi connectivity index (χ0n) is 10.1. The lowest BCUT2D eigenvalue weighted by molar-refractivity contribution is -0.152. The summed E-state index contributed by atoms with van der Waals surface area (Å²) in [6.45, 7) is 3.61. The summed E-state index contributed by atoms with van der Waals surface area (Å²) in [5.74, 6) is -1.30. The summed E-state index contributed by atoms with van der Waals surface area (Å²) in [5, 5.41) is 11.5. The summed E-state index contributed by atoms with van der Waals surface area (Å²) in [6, 6.07) is -0.764. The number of carboxylic acids is 1. The highest BCUT2D eigenvalue weighted by molar-refractivity contribution is 5.87. The van der Waals surface area contributed by atoms with Gasteiger partial charge in [0.25, 0.3) is 0 Å². The number of piperidine rings is 1. The van der Waals surface area contributed by atoms with Crippen molar-refractivity contribution in [2.75, 3.05) is 13.1 Å². The fourth-order valence-electron chi connectivity index (χ4n) is 1.98. The topological polar surface area (TPSA) is 86.7 Å². The van der Waals surface area contributed by atoms with Crippen molar-refractivity contribution in [1.29, 1.82) is 0 Å². The molecular weight excluding hydrogens is 224 g/mol. The van der Waals surface area contributed by atoms with E-state index < -0.39 is 12.0 Å². The largest absolute Gasteiger partial charge is 0.480 e. The van der Waals surface area contributed by atoms with Gasteiger partial charge in [-0.15, -0.1) is 0 Å².